The molecule has 0 saturated heterocycles. The molecule has 8 nitrogen and oxygen atoms in total. The number of carbonyl (C=O) groups excluding carboxylic acids is 2. The summed E-state index contributed by atoms with van der Waals surface area (Å²) < 4.78 is 6.88. The number of nitrogens with one attached hydrogen (secondary N) is 2. The minimum Gasteiger partial charge on any atom is -0.497 e. The second-order valence-corrected chi connectivity index (χ2v) is 7.47. The largest absolute Gasteiger partial charge is 0.497 e. The van der Waals surface area contributed by atoms with Crippen LogP contribution in [0.5, 0.6) is 5.75 Å². The molecule has 1 atom stereocenters. The van der Waals surface area contributed by atoms with Gasteiger partial charge in [0.25, 0.3) is 5.91 Å². The smallest absolute Gasteiger partial charge is 0.251 e. The number of carbonyl (C=O) groups is 2. The van der Waals surface area contributed by atoms with Crippen molar-refractivity contribution in [1.82, 2.24) is 20.1 Å². The van der Waals surface area contributed by atoms with Crippen LogP contribution in [0, 0.1) is 0 Å². The zero-order valence-corrected chi connectivity index (χ0v) is 17.8. The maximum Gasteiger partial charge on any atom is 0.251 e. The molecule has 9 heteroatoms. The van der Waals surface area contributed by atoms with Gasteiger partial charge in [-0.15, -0.1) is 10.2 Å². The molecule has 30 heavy (non-hydrogen) atoms. The van der Waals surface area contributed by atoms with E-state index in [4.69, 9.17) is 4.74 Å². The minimum atomic E-state index is -0.335. The molecule has 2 aromatic carbocycles. The Morgan fingerprint density at radius 3 is 2.47 bits per heavy atom. The number of amides is 2. The maximum absolute atomic E-state index is 12.3. The van der Waals surface area contributed by atoms with E-state index < -0.39 is 0 Å². The molecule has 0 fully saturated rings. The van der Waals surface area contributed by atoms with Crippen molar-refractivity contribution >= 4 is 29.3 Å². The van der Waals surface area contributed by atoms with E-state index >= 15 is 0 Å². The SMILES string of the molecule is COc1ccc(NC(=O)CSc2nnc([C@H](C)NC(=O)c3ccccc3)n2C)cc1. The van der Waals surface area contributed by atoms with Gasteiger partial charge in [0.15, 0.2) is 11.0 Å². The Hall–Kier alpha value is -3.33. The number of ether oxygens (including phenoxy) is 1. The topological polar surface area (TPSA) is 98.1 Å². The first-order chi connectivity index (χ1) is 14.5. The summed E-state index contributed by atoms with van der Waals surface area (Å²) in [6.07, 6.45) is 0. The van der Waals surface area contributed by atoms with Crippen LogP contribution in [0.3, 0.4) is 0 Å². The predicted octanol–water partition coefficient (Wildman–Crippen LogP) is 3.05. The van der Waals surface area contributed by atoms with Gasteiger partial charge in [0.05, 0.1) is 18.9 Å². The summed E-state index contributed by atoms with van der Waals surface area (Å²) in [5.74, 6) is 1.18. The highest BCUT2D eigenvalue weighted by molar-refractivity contribution is 7.99. The van der Waals surface area contributed by atoms with Gasteiger partial charge in [0, 0.05) is 18.3 Å². The number of nitrogens with zero attached hydrogens (tertiary/aromatic N) is 3. The molecule has 3 rings (SSSR count). The molecule has 0 unspecified atom stereocenters. The van der Waals surface area contributed by atoms with E-state index in [-0.39, 0.29) is 23.6 Å². The van der Waals surface area contributed by atoms with Crippen LogP contribution in [-0.2, 0) is 11.8 Å². The van der Waals surface area contributed by atoms with Gasteiger partial charge in [-0.05, 0) is 43.3 Å². The molecule has 0 spiro atoms. The molecule has 0 aliphatic carbocycles. The standard InChI is InChI=1S/C21H23N5O3S/c1-14(22-20(28)15-7-5-4-6-8-15)19-24-25-21(26(19)2)30-13-18(27)23-16-9-11-17(29-3)12-10-16/h4-12,14H,13H2,1-3H3,(H,22,28)(H,23,27)/t14-/m0/s1. The minimum absolute atomic E-state index is 0.153. The number of rotatable bonds is 8. The Morgan fingerprint density at radius 1 is 1.10 bits per heavy atom. The lowest BCUT2D eigenvalue weighted by molar-refractivity contribution is -0.113. The van der Waals surface area contributed by atoms with Gasteiger partial charge in [0.2, 0.25) is 5.91 Å². The van der Waals surface area contributed by atoms with E-state index in [9.17, 15) is 9.59 Å². The lowest BCUT2D eigenvalue weighted by atomic mass is 10.2. The monoisotopic (exact) mass is 425 g/mol. The van der Waals surface area contributed by atoms with Crippen molar-refractivity contribution in [2.45, 2.75) is 18.1 Å². The fraction of sp³-hybridized carbons (Fsp3) is 0.238. The maximum atomic E-state index is 12.3. The number of thioether (sulfide) groups is 1. The van der Waals surface area contributed by atoms with E-state index in [1.165, 1.54) is 11.8 Å². The summed E-state index contributed by atoms with van der Waals surface area (Å²) in [4.78, 5) is 24.6. The summed E-state index contributed by atoms with van der Waals surface area (Å²) in [6.45, 7) is 1.84. The Balaban J connectivity index is 1.55. The zero-order valence-electron chi connectivity index (χ0n) is 17.0. The van der Waals surface area contributed by atoms with Crippen molar-refractivity contribution in [3.8, 4) is 5.75 Å². The van der Waals surface area contributed by atoms with Gasteiger partial charge >= 0.3 is 0 Å². The second-order valence-electron chi connectivity index (χ2n) is 6.53. The Labute approximate surface area is 179 Å². The number of benzene rings is 2. The molecule has 1 heterocycles. The van der Waals surface area contributed by atoms with Crippen LogP contribution in [0.15, 0.2) is 59.8 Å². The third kappa shape index (κ3) is 5.38. The van der Waals surface area contributed by atoms with Crippen LogP contribution in [0.4, 0.5) is 5.69 Å². The molecule has 0 aliphatic rings. The molecule has 156 valence electrons. The molecule has 1 aromatic heterocycles. The predicted molar refractivity (Wildman–Crippen MR) is 116 cm³/mol. The molecule has 0 bridgehead atoms. The van der Waals surface area contributed by atoms with Crippen LogP contribution in [-0.4, -0.2) is 39.4 Å². The first-order valence-electron chi connectivity index (χ1n) is 9.30. The Kier molecular flexibility index (Phi) is 7.08. The van der Waals surface area contributed by atoms with Crippen molar-refractivity contribution in [2.24, 2.45) is 7.05 Å². The van der Waals surface area contributed by atoms with Crippen LogP contribution in [0.2, 0.25) is 0 Å². The van der Waals surface area contributed by atoms with Crippen molar-refractivity contribution in [3.05, 3.63) is 66.0 Å². The van der Waals surface area contributed by atoms with Crippen molar-refractivity contribution in [3.63, 3.8) is 0 Å². The molecule has 0 aliphatic heterocycles. The molecular formula is C21H23N5O3S. The second kappa shape index (κ2) is 9.93. The molecule has 2 amide bonds. The van der Waals surface area contributed by atoms with Gasteiger partial charge in [-0.3, -0.25) is 9.59 Å². The summed E-state index contributed by atoms with van der Waals surface area (Å²) in [6, 6.07) is 15.8. The number of anilines is 1. The first kappa shape index (κ1) is 21.4. The zero-order chi connectivity index (χ0) is 21.5. The summed E-state index contributed by atoms with van der Waals surface area (Å²) in [7, 11) is 3.40. The van der Waals surface area contributed by atoms with Crippen molar-refractivity contribution < 1.29 is 14.3 Å². The number of aromatic nitrogens is 3. The third-order valence-corrected chi connectivity index (χ3v) is 5.37. The molecular weight excluding hydrogens is 402 g/mol. The van der Waals surface area contributed by atoms with E-state index in [0.717, 1.165) is 5.75 Å². The fourth-order valence-electron chi connectivity index (χ4n) is 2.76. The van der Waals surface area contributed by atoms with Crippen LogP contribution in [0.25, 0.3) is 0 Å². The van der Waals surface area contributed by atoms with Gasteiger partial charge in [0.1, 0.15) is 5.75 Å². The molecule has 3 aromatic rings. The number of hydrogen-bond donors (Lipinski definition) is 2. The quantitative estimate of drug-likeness (QED) is 0.539. The first-order valence-corrected chi connectivity index (χ1v) is 10.3. The lowest BCUT2D eigenvalue weighted by Gasteiger charge is -2.13. The number of hydrogen-bond acceptors (Lipinski definition) is 6. The lowest BCUT2D eigenvalue weighted by Crippen LogP contribution is -2.28. The highest BCUT2D eigenvalue weighted by atomic mass is 32.2. The fourth-order valence-corrected chi connectivity index (χ4v) is 3.48. The van der Waals surface area contributed by atoms with Crippen LogP contribution < -0.4 is 15.4 Å². The van der Waals surface area contributed by atoms with Crippen LogP contribution in [0.1, 0.15) is 29.1 Å². The Bertz CT molecular complexity index is 1010. The summed E-state index contributed by atoms with van der Waals surface area (Å²) in [5.41, 5.74) is 1.27. The normalized spacial score (nSPS) is 11.6. The third-order valence-electron chi connectivity index (χ3n) is 4.35. The highest BCUT2D eigenvalue weighted by Crippen LogP contribution is 2.20. The van der Waals surface area contributed by atoms with Crippen molar-refractivity contribution in [1.29, 1.82) is 0 Å². The van der Waals surface area contributed by atoms with Gasteiger partial charge < -0.3 is 19.9 Å². The molecule has 0 radical (unpaired) electrons. The molecule has 0 saturated carbocycles. The average Bonchev–Trinajstić information content (AvgIpc) is 3.14. The summed E-state index contributed by atoms with van der Waals surface area (Å²) in [5, 5.41) is 14.7. The van der Waals surface area contributed by atoms with E-state index in [1.54, 1.807) is 48.1 Å². The summed E-state index contributed by atoms with van der Waals surface area (Å²) >= 11 is 1.28. The highest BCUT2D eigenvalue weighted by Gasteiger charge is 2.19. The van der Waals surface area contributed by atoms with Gasteiger partial charge in [-0.25, -0.2) is 0 Å². The Morgan fingerprint density at radius 2 is 1.80 bits per heavy atom. The van der Waals surface area contributed by atoms with Gasteiger partial charge in [-0.2, -0.15) is 0 Å². The van der Waals surface area contributed by atoms with Gasteiger partial charge in [-0.1, -0.05) is 30.0 Å². The van der Waals surface area contributed by atoms with Crippen molar-refractivity contribution in [2.75, 3.05) is 18.2 Å². The van der Waals surface area contributed by atoms with E-state index in [2.05, 4.69) is 20.8 Å². The average molecular weight is 426 g/mol. The molecule has 2 N–H and O–H groups in total. The number of methoxy groups -OCH3 is 1. The van der Waals surface area contributed by atoms with E-state index in [1.807, 2.05) is 32.2 Å². The van der Waals surface area contributed by atoms with E-state index in [0.29, 0.717) is 22.2 Å². The van der Waals surface area contributed by atoms with Crippen LogP contribution >= 0.6 is 11.8 Å².